The van der Waals surface area contributed by atoms with E-state index >= 15 is 0 Å². The SMILES string of the molecule is Cc1cc(C(=O)CN2CCN(S(=O)(=O)c3ccccc3C#N)CC2)c(C)n1C[C@@H]1CCCO1. The van der Waals surface area contributed by atoms with E-state index < -0.39 is 10.0 Å². The molecule has 0 N–H and O–H groups in total. The fourth-order valence-electron chi connectivity index (χ4n) is 4.70. The largest absolute Gasteiger partial charge is 0.376 e. The maximum Gasteiger partial charge on any atom is 0.244 e. The summed E-state index contributed by atoms with van der Waals surface area (Å²) < 4.78 is 35.4. The molecule has 9 heteroatoms. The van der Waals surface area contributed by atoms with Crippen molar-refractivity contribution < 1.29 is 17.9 Å². The average molecular weight is 471 g/mol. The highest BCUT2D eigenvalue weighted by Gasteiger charge is 2.31. The lowest BCUT2D eigenvalue weighted by Crippen LogP contribution is -2.49. The Morgan fingerprint density at radius 3 is 2.58 bits per heavy atom. The van der Waals surface area contributed by atoms with E-state index in [4.69, 9.17) is 4.74 Å². The standard InChI is InChI=1S/C24H30N4O4S/c1-18-14-22(19(2)28(18)16-21-7-5-13-32-21)23(29)17-26-9-11-27(12-10-26)33(30,31)24-8-4-3-6-20(24)15-25/h3-4,6,8,14,21H,5,7,9-13,16-17H2,1-2H3/t21-/m0/s1. The van der Waals surface area contributed by atoms with Crippen molar-refractivity contribution in [2.45, 2.75) is 44.2 Å². The molecule has 0 amide bonds. The third kappa shape index (κ3) is 4.89. The number of ether oxygens (including phenoxy) is 1. The van der Waals surface area contributed by atoms with Gasteiger partial charge in [0.25, 0.3) is 0 Å². The number of aromatic nitrogens is 1. The van der Waals surface area contributed by atoms with E-state index in [1.54, 1.807) is 12.1 Å². The molecule has 0 aliphatic carbocycles. The lowest BCUT2D eigenvalue weighted by atomic mass is 10.1. The summed E-state index contributed by atoms with van der Waals surface area (Å²) in [4.78, 5) is 15.1. The van der Waals surface area contributed by atoms with Gasteiger partial charge < -0.3 is 9.30 Å². The highest BCUT2D eigenvalue weighted by molar-refractivity contribution is 7.89. The van der Waals surface area contributed by atoms with Gasteiger partial charge in [0.1, 0.15) is 6.07 Å². The summed E-state index contributed by atoms with van der Waals surface area (Å²) in [6.07, 6.45) is 2.34. The van der Waals surface area contributed by atoms with Gasteiger partial charge in [0.2, 0.25) is 10.0 Å². The third-order valence-electron chi connectivity index (χ3n) is 6.61. The van der Waals surface area contributed by atoms with E-state index in [9.17, 15) is 18.5 Å². The van der Waals surface area contributed by atoms with Crippen LogP contribution in [0, 0.1) is 25.2 Å². The van der Waals surface area contributed by atoms with Crippen molar-refractivity contribution in [3.63, 3.8) is 0 Å². The zero-order valence-corrected chi connectivity index (χ0v) is 20.0. The molecule has 0 radical (unpaired) electrons. The number of benzene rings is 1. The summed E-state index contributed by atoms with van der Waals surface area (Å²) in [5.41, 5.74) is 2.89. The van der Waals surface area contributed by atoms with Gasteiger partial charge in [0, 0.05) is 56.3 Å². The predicted octanol–water partition coefficient (Wildman–Crippen LogP) is 2.34. The van der Waals surface area contributed by atoms with Crippen LogP contribution >= 0.6 is 0 Å². The van der Waals surface area contributed by atoms with E-state index in [-0.39, 0.29) is 42.0 Å². The molecule has 8 nitrogen and oxygen atoms in total. The Kier molecular flexibility index (Phi) is 7.00. The number of hydrogen-bond donors (Lipinski definition) is 0. The summed E-state index contributed by atoms with van der Waals surface area (Å²) in [5.74, 6) is 0.0489. The number of carbonyl (C=O) groups is 1. The van der Waals surface area contributed by atoms with Crippen molar-refractivity contribution in [3.05, 3.63) is 52.8 Å². The number of rotatable bonds is 7. The molecule has 1 aromatic carbocycles. The second-order valence-electron chi connectivity index (χ2n) is 8.74. The highest BCUT2D eigenvalue weighted by Crippen LogP contribution is 2.23. The second-order valence-corrected chi connectivity index (χ2v) is 10.6. The Morgan fingerprint density at radius 2 is 1.91 bits per heavy atom. The Labute approximate surface area is 195 Å². The molecule has 2 fully saturated rings. The molecule has 176 valence electrons. The van der Waals surface area contributed by atoms with Crippen LogP contribution in [-0.2, 0) is 21.3 Å². The number of carbonyl (C=O) groups excluding carboxylic acids is 1. The summed E-state index contributed by atoms with van der Waals surface area (Å²) in [6, 6.07) is 10.2. The van der Waals surface area contributed by atoms with Gasteiger partial charge in [-0.15, -0.1) is 0 Å². The lowest BCUT2D eigenvalue weighted by Gasteiger charge is -2.33. The minimum atomic E-state index is -3.75. The molecule has 33 heavy (non-hydrogen) atoms. The van der Waals surface area contributed by atoms with Crippen LogP contribution in [0.15, 0.2) is 35.2 Å². The summed E-state index contributed by atoms with van der Waals surface area (Å²) >= 11 is 0. The van der Waals surface area contributed by atoms with Crippen LogP contribution in [0.1, 0.15) is 40.2 Å². The number of piperazine rings is 1. The Hall–Kier alpha value is -2.51. The average Bonchev–Trinajstić information content (AvgIpc) is 3.43. The van der Waals surface area contributed by atoms with E-state index in [1.165, 1.54) is 16.4 Å². The van der Waals surface area contributed by atoms with E-state index in [2.05, 4.69) is 4.57 Å². The van der Waals surface area contributed by atoms with Crippen molar-refractivity contribution >= 4 is 15.8 Å². The van der Waals surface area contributed by atoms with Crippen molar-refractivity contribution in [1.29, 1.82) is 5.26 Å². The fraction of sp³-hybridized carbons (Fsp3) is 0.500. The number of Topliss-reactive ketones (excluding diaryl/α,β-unsaturated/α-hetero) is 1. The molecule has 4 rings (SSSR count). The summed E-state index contributed by atoms with van der Waals surface area (Å²) in [5, 5.41) is 9.27. The molecule has 1 aromatic heterocycles. The van der Waals surface area contributed by atoms with Gasteiger partial charge in [-0.2, -0.15) is 9.57 Å². The zero-order valence-electron chi connectivity index (χ0n) is 19.2. The molecule has 3 heterocycles. The smallest absolute Gasteiger partial charge is 0.244 e. The second kappa shape index (κ2) is 9.77. The minimum absolute atomic E-state index is 0.0377. The van der Waals surface area contributed by atoms with Gasteiger partial charge in [-0.3, -0.25) is 9.69 Å². The molecule has 0 saturated carbocycles. The minimum Gasteiger partial charge on any atom is -0.376 e. The normalized spacial score (nSPS) is 20.1. The quantitative estimate of drug-likeness (QED) is 0.577. The predicted molar refractivity (Wildman–Crippen MR) is 124 cm³/mol. The van der Waals surface area contributed by atoms with Crippen LogP contribution in [-0.4, -0.2) is 73.4 Å². The van der Waals surface area contributed by atoms with Crippen LogP contribution in [0.25, 0.3) is 0 Å². The highest BCUT2D eigenvalue weighted by atomic mass is 32.2. The summed E-state index contributed by atoms with van der Waals surface area (Å²) in [7, 11) is -3.75. The molecule has 2 aliphatic rings. The van der Waals surface area contributed by atoms with Crippen molar-refractivity contribution in [3.8, 4) is 6.07 Å². The van der Waals surface area contributed by atoms with Gasteiger partial charge in [0.15, 0.2) is 5.78 Å². The lowest BCUT2D eigenvalue weighted by molar-refractivity contribution is 0.0896. The van der Waals surface area contributed by atoms with Gasteiger partial charge in [-0.25, -0.2) is 8.42 Å². The molecule has 0 spiro atoms. The monoisotopic (exact) mass is 470 g/mol. The number of ketones is 1. The zero-order chi connectivity index (χ0) is 23.6. The number of aryl methyl sites for hydroxylation is 1. The van der Waals surface area contributed by atoms with Crippen LogP contribution in [0.2, 0.25) is 0 Å². The van der Waals surface area contributed by atoms with Crippen LogP contribution in [0.3, 0.4) is 0 Å². The maximum absolute atomic E-state index is 13.1. The van der Waals surface area contributed by atoms with Crippen molar-refractivity contribution in [1.82, 2.24) is 13.8 Å². The molecular formula is C24H30N4O4S. The van der Waals surface area contributed by atoms with E-state index in [0.29, 0.717) is 13.1 Å². The number of hydrogen-bond acceptors (Lipinski definition) is 6. The Morgan fingerprint density at radius 1 is 1.18 bits per heavy atom. The summed E-state index contributed by atoms with van der Waals surface area (Å²) in [6.45, 7) is 7.33. The fourth-order valence-corrected chi connectivity index (χ4v) is 6.26. The molecule has 1 atom stereocenters. The molecule has 2 aromatic rings. The first-order valence-corrected chi connectivity index (χ1v) is 12.8. The number of sulfonamides is 1. The van der Waals surface area contributed by atoms with Crippen LogP contribution < -0.4 is 0 Å². The first-order valence-electron chi connectivity index (χ1n) is 11.3. The van der Waals surface area contributed by atoms with Gasteiger partial charge in [-0.1, -0.05) is 12.1 Å². The van der Waals surface area contributed by atoms with Crippen molar-refractivity contribution in [2.24, 2.45) is 0 Å². The topological polar surface area (TPSA) is 95.6 Å². The van der Waals surface area contributed by atoms with Gasteiger partial charge in [-0.05, 0) is 44.9 Å². The Balaban J connectivity index is 1.38. The molecule has 0 unspecified atom stereocenters. The van der Waals surface area contributed by atoms with Gasteiger partial charge in [0.05, 0.1) is 23.1 Å². The first-order chi connectivity index (χ1) is 15.8. The van der Waals surface area contributed by atoms with Gasteiger partial charge >= 0.3 is 0 Å². The number of nitrogens with zero attached hydrogens (tertiary/aromatic N) is 4. The van der Waals surface area contributed by atoms with E-state index in [1.807, 2.05) is 30.9 Å². The molecule has 2 saturated heterocycles. The van der Waals surface area contributed by atoms with Crippen LogP contribution in [0.5, 0.6) is 0 Å². The van der Waals surface area contributed by atoms with Crippen molar-refractivity contribution in [2.75, 3.05) is 39.3 Å². The number of nitriles is 1. The molecule has 2 aliphatic heterocycles. The van der Waals surface area contributed by atoms with E-state index in [0.717, 1.165) is 42.9 Å². The molecule has 0 bridgehead atoms. The molecular weight excluding hydrogens is 440 g/mol. The first kappa shape index (κ1) is 23.6. The van der Waals surface area contributed by atoms with Crippen LogP contribution in [0.4, 0.5) is 0 Å². The Bertz CT molecular complexity index is 1170. The third-order valence-corrected chi connectivity index (χ3v) is 8.56. The maximum atomic E-state index is 13.1.